The summed E-state index contributed by atoms with van der Waals surface area (Å²) in [6.07, 6.45) is 4.98. The third-order valence-corrected chi connectivity index (χ3v) is 4.46. The van der Waals surface area contributed by atoms with Crippen LogP contribution in [0.4, 0.5) is 0 Å². The summed E-state index contributed by atoms with van der Waals surface area (Å²) < 4.78 is 0. The van der Waals surface area contributed by atoms with Crippen LogP contribution in [0.2, 0.25) is 0 Å². The minimum atomic E-state index is -0.496. The number of amides is 2. The molecule has 1 aromatic heterocycles. The van der Waals surface area contributed by atoms with Gasteiger partial charge in [-0.05, 0) is 12.5 Å². The van der Waals surface area contributed by atoms with E-state index < -0.39 is 5.91 Å². The van der Waals surface area contributed by atoms with Gasteiger partial charge < -0.3 is 10.6 Å². The number of primary amides is 1. The van der Waals surface area contributed by atoms with Gasteiger partial charge in [0.2, 0.25) is 11.8 Å². The average Bonchev–Trinajstić information content (AvgIpc) is 2.65. The van der Waals surface area contributed by atoms with Gasteiger partial charge in [0.1, 0.15) is 0 Å². The highest BCUT2D eigenvalue weighted by molar-refractivity contribution is 5.98. The van der Waals surface area contributed by atoms with Gasteiger partial charge in [-0.2, -0.15) is 0 Å². The smallest absolute Gasteiger partial charge is 0.249 e. The molecule has 0 radical (unpaired) electrons. The van der Waals surface area contributed by atoms with Gasteiger partial charge >= 0.3 is 0 Å². The van der Waals surface area contributed by atoms with E-state index in [1.54, 1.807) is 24.4 Å². The van der Waals surface area contributed by atoms with Crippen LogP contribution in [0.5, 0.6) is 0 Å². The number of carbonyl (C=O) groups is 2. The van der Waals surface area contributed by atoms with Crippen molar-refractivity contribution in [3.8, 4) is 11.4 Å². The van der Waals surface area contributed by atoms with Crippen LogP contribution in [0.1, 0.15) is 47.8 Å². The average molecular weight is 338 g/mol. The molecule has 0 atom stereocenters. The first-order chi connectivity index (χ1) is 12.1. The first-order valence-electron chi connectivity index (χ1n) is 8.62. The summed E-state index contributed by atoms with van der Waals surface area (Å²) in [5.74, 6) is 0.194. The molecule has 2 aromatic rings. The molecule has 0 fully saturated rings. The lowest BCUT2D eigenvalue weighted by molar-refractivity contribution is -0.132. The van der Waals surface area contributed by atoms with Crippen LogP contribution in [-0.4, -0.2) is 33.2 Å². The molecule has 130 valence electrons. The number of hydrogen-bond acceptors (Lipinski definition) is 4. The fourth-order valence-electron chi connectivity index (χ4n) is 3.04. The van der Waals surface area contributed by atoms with Crippen molar-refractivity contribution in [2.45, 2.75) is 39.2 Å². The zero-order chi connectivity index (χ0) is 17.8. The fraction of sp³-hybridized carbons (Fsp3) is 0.368. The molecule has 0 bridgehead atoms. The quantitative estimate of drug-likeness (QED) is 0.906. The normalized spacial score (nSPS) is 13.4. The van der Waals surface area contributed by atoms with Gasteiger partial charge in [-0.15, -0.1) is 0 Å². The van der Waals surface area contributed by atoms with Crippen LogP contribution in [0.25, 0.3) is 11.4 Å². The summed E-state index contributed by atoms with van der Waals surface area (Å²) in [6.45, 7) is 3.30. The predicted octanol–water partition coefficient (Wildman–Crippen LogP) is 2.32. The molecule has 2 amide bonds. The molecule has 2 heterocycles. The van der Waals surface area contributed by atoms with Gasteiger partial charge in [-0.3, -0.25) is 9.59 Å². The summed E-state index contributed by atoms with van der Waals surface area (Å²) in [5, 5.41) is 0. The zero-order valence-electron chi connectivity index (χ0n) is 14.4. The van der Waals surface area contributed by atoms with E-state index in [0.29, 0.717) is 42.9 Å². The highest BCUT2D eigenvalue weighted by Crippen LogP contribution is 2.24. The molecule has 6 heteroatoms. The summed E-state index contributed by atoms with van der Waals surface area (Å²) in [6, 6.07) is 7.07. The lowest BCUT2D eigenvalue weighted by atomic mass is 10.0. The van der Waals surface area contributed by atoms with Crippen molar-refractivity contribution in [1.29, 1.82) is 0 Å². The molecular formula is C19H22N4O2. The van der Waals surface area contributed by atoms with E-state index in [4.69, 9.17) is 5.73 Å². The third-order valence-electron chi connectivity index (χ3n) is 4.46. The van der Waals surface area contributed by atoms with Gasteiger partial charge in [0, 0.05) is 43.3 Å². The maximum atomic E-state index is 12.2. The number of rotatable bonds is 5. The zero-order valence-corrected chi connectivity index (χ0v) is 14.4. The molecule has 0 aliphatic carbocycles. The summed E-state index contributed by atoms with van der Waals surface area (Å²) in [4.78, 5) is 34.7. The van der Waals surface area contributed by atoms with Gasteiger partial charge in [-0.1, -0.05) is 31.5 Å². The number of hydrogen-bond donors (Lipinski definition) is 1. The molecule has 3 rings (SSSR count). The Morgan fingerprint density at radius 3 is 2.84 bits per heavy atom. The van der Waals surface area contributed by atoms with Crippen molar-refractivity contribution in [1.82, 2.24) is 14.9 Å². The Morgan fingerprint density at radius 2 is 2.08 bits per heavy atom. The Morgan fingerprint density at radius 1 is 1.28 bits per heavy atom. The van der Waals surface area contributed by atoms with Crippen molar-refractivity contribution in [3.63, 3.8) is 0 Å². The lowest BCUT2D eigenvalue weighted by Crippen LogP contribution is -2.36. The number of carbonyl (C=O) groups excluding carboxylic acids is 2. The van der Waals surface area contributed by atoms with Crippen LogP contribution in [0.3, 0.4) is 0 Å². The SMILES string of the molecule is CCCCC(=O)N1CCc2nc(-c3ccccc3C(N)=O)ncc2C1. The number of unbranched alkanes of at least 4 members (excludes halogenated alkanes) is 1. The summed E-state index contributed by atoms with van der Waals surface area (Å²) in [7, 11) is 0. The highest BCUT2D eigenvalue weighted by Gasteiger charge is 2.22. The third kappa shape index (κ3) is 3.68. The molecule has 0 saturated carbocycles. The molecule has 6 nitrogen and oxygen atoms in total. The van der Waals surface area contributed by atoms with Gasteiger partial charge in [-0.25, -0.2) is 9.97 Å². The van der Waals surface area contributed by atoms with Crippen molar-refractivity contribution in [2.75, 3.05) is 6.54 Å². The van der Waals surface area contributed by atoms with Crippen molar-refractivity contribution >= 4 is 11.8 Å². The molecular weight excluding hydrogens is 316 g/mol. The molecule has 25 heavy (non-hydrogen) atoms. The fourth-order valence-corrected chi connectivity index (χ4v) is 3.04. The van der Waals surface area contributed by atoms with E-state index in [9.17, 15) is 9.59 Å². The van der Waals surface area contributed by atoms with Crippen LogP contribution in [-0.2, 0) is 17.8 Å². The number of nitrogens with two attached hydrogens (primary N) is 1. The Labute approximate surface area is 147 Å². The first kappa shape index (κ1) is 17.1. The van der Waals surface area contributed by atoms with Gasteiger partial charge in [0.15, 0.2) is 5.82 Å². The van der Waals surface area contributed by atoms with Crippen LogP contribution in [0.15, 0.2) is 30.5 Å². The van der Waals surface area contributed by atoms with Crippen LogP contribution in [0, 0.1) is 0 Å². The Kier molecular flexibility index (Phi) is 5.07. The highest BCUT2D eigenvalue weighted by atomic mass is 16.2. The Hall–Kier alpha value is -2.76. The second-order valence-electron chi connectivity index (χ2n) is 6.24. The van der Waals surface area contributed by atoms with Crippen molar-refractivity contribution < 1.29 is 9.59 Å². The number of aromatic nitrogens is 2. The van der Waals surface area contributed by atoms with Crippen molar-refractivity contribution in [2.24, 2.45) is 5.73 Å². The molecule has 0 unspecified atom stereocenters. The number of benzene rings is 1. The van der Waals surface area contributed by atoms with E-state index in [2.05, 4.69) is 16.9 Å². The summed E-state index contributed by atoms with van der Waals surface area (Å²) in [5.41, 5.74) is 8.40. The maximum Gasteiger partial charge on any atom is 0.249 e. The Bertz CT molecular complexity index is 804. The largest absolute Gasteiger partial charge is 0.366 e. The Balaban J connectivity index is 1.84. The number of nitrogens with zero attached hydrogens (tertiary/aromatic N) is 3. The predicted molar refractivity (Wildman–Crippen MR) is 94.6 cm³/mol. The molecule has 1 aromatic carbocycles. The first-order valence-corrected chi connectivity index (χ1v) is 8.62. The van der Waals surface area contributed by atoms with Gasteiger partial charge in [0.05, 0.1) is 11.3 Å². The van der Waals surface area contributed by atoms with E-state index >= 15 is 0 Å². The molecule has 0 saturated heterocycles. The lowest BCUT2D eigenvalue weighted by Gasteiger charge is -2.28. The van der Waals surface area contributed by atoms with E-state index in [-0.39, 0.29) is 5.91 Å². The minimum absolute atomic E-state index is 0.190. The standard InChI is InChI=1S/C19H22N4O2/c1-2-3-8-17(24)23-10-9-16-13(12-23)11-21-19(22-16)15-7-5-4-6-14(15)18(20)25/h4-7,11H,2-3,8-10,12H2,1H3,(H2,20,25). The maximum absolute atomic E-state index is 12.2. The van der Waals surface area contributed by atoms with Crippen molar-refractivity contribution in [3.05, 3.63) is 47.3 Å². The van der Waals surface area contributed by atoms with Gasteiger partial charge in [0.25, 0.3) is 0 Å². The second kappa shape index (κ2) is 7.42. The molecule has 1 aliphatic heterocycles. The second-order valence-corrected chi connectivity index (χ2v) is 6.24. The van der Waals surface area contributed by atoms with Crippen LogP contribution >= 0.6 is 0 Å². The van der Waals surface area contributed by atoms with E-state index in [1.807, 2.05) is 11.0 Å². The van der Waals surface area contributed by atoms with E-state index in [1.165, 1.54) is 0 Å². The van der Waals surface area contributed by atoms with Crippen LogP contribution < -0.4 is 5.73 Å². The topological polar surface area (TPSA) is 89.2 Å². The molecule has 0 spiro atoms. The van der Waals surface area contributed by atoms with E-state index in [0.717, 1.165) is 24.1 Å². The minimum Gasteiger partial charge on any atom is -0.366 e. The monoisotopic (exact) mass is 338 g/mol. The number of fused-ring (bicyclic) bond motifs is 1. The molecule has 1 aliphatic rings. The summed E-state index contributed by atoms with van der Waals surface area (Å²) >= 11 is 0. The molecule has 2 N–H and O–H groups in total.